The average molecular weight is 228 g/mol. The van der Waals surface area contributed by atoms with E-state index in [4.69, 9.17) is 9.92 Å². The molecule has 2 atom stereocenters. The van der Waals surface area contributed by atoms with E-state index in [1.165, 1.54) is 12.1 Å². The van der Waals surface area contributed by atoms with Gasteiger partial charge in [0.1, 0.15) is 23.8 Å². The van der Waals surface area contributed by atoms with Crippen molar-refractivity contribution < 1.29 is 8.57 Å². The Bertz CT molecular complexity index is 320. The van der Waals surface area contributed by atoms with Crippen LogP contribution in [0.25, 0.3) is 0 Å². The molecule has 0 radical (unpaired) electrons. The van der Waals surface area contributed by atoms with Crippen molar-refractivity contribution in [3.63, 3.8) is 0 Å². The monoisotopic (exact) mass is 228 g/mol. The molecular weight excluding hydrogens is 215 g/mol. The van der Waals surface area contributed by atoms with Crippen molar-refractivity contribution in [1.29, 1.82) is 0 Å². The van der Waals surface area contributed by atoms with Crippen molar-refractivity contribution in [1.82, 2.24) is 4.72 Å². The minimum atomic E-state index is -0.263. The van der Waals surface area contributed by atoms with Crippen molar-refractivity contribution in [2.45, 2.75) is 24.9 Å². The van der Waals surface area contributed by atoms with E-state index < -0.39 is 0 Å². The number of benzene rings is 1. The zero-order valence-corrected chi connectivity index (χ0v) is 8.97. The molecule has 0 amide bonds. The van der Waals surface area contributed by atoms with E-state index in [2.05, 4.69) is 4.72 Å². The van der Waals surface area contributed by atoms with Crippen LogP contribution in [0.2, 0.25) is 0 Å². The second kappa shape index (κ2) is 4.83. The van der Waals surface area contributed by atoms with Crippen LogP contribution in [0.4, 0.5) is 4.39 Å². The highest BCUT2D eigenvalue weighted by Crippen LogP contribution is 2.21. The summed E-state index contributed by atoms with van der Waals surface area (Å²) in [4.78, 5) is 0. The summed E-state index contributed by atoms with van der Waals surface area (Å²) in [6.07, 6.45) is 2.15. The van der Waals surface area contributed by atoms with Gasteiger partial charge >= 0.3 is 0 Å². The van der Waals surface area contributed by atoms with Gasteiger partial charge in [0, 0.05) is 12.1 Å². The van der Waals surface area contributed by atoms with Gasteiger partial charge in [-0.3, -0.25) is 0 Å². The SMILES string of the molecule is NC1CCC1NSOc1ccc(F)cc1. The zero-order valence-electron chi connectivity index (χ0n) is 8.15. The third-order valence-electron chi connectivity index (χ3n) is 2.48. The summed E-state index contributed by atoms with van der Waals surface area (Å²) in [5, 5.41) is 0. The smallest absolute Gasteiger partial charge is 0.144 e. The molecule has 1 aliphatic rings. The number of nitrogens with one attached hydrogen (secondary N) is 1. The summed E-state index contributed by atoms with van der Waals surface area (Å²) in [7, 11) is 0. The van der Waals surface area contributed by atoms with Gasteiger partial charge in [-0.1, -0.05) is 0 Å². The first kappa shape index (κ1) is 10.7. The van der Waals surface area contributed by atoms with Gasteiger partial charge in [-0.2, -0.15) is 0 Å². The van der Waals surface area contributed by atoms with Gasteiger partial charge in [0.05, 0.1) is 0 Å². The first-order valence-corrected chi connectivity index (χ1v) is 5.60. The molecule has 82 valence electrons. The molecule has 1 aromatic carbocycles. The lowest BCUT2D eigenvalue weighted by atomic mass is 9.88. The van der Waals surface area contributed by atoms with Gasteiger partial charge in [-0.15, -0.1) is 0 Å². The van der Waals surface area contributed by atoms with Crippen molar-refractivity contribution in [3.05, 3.63) is 30.1 Å². The van der Waals surface area contributed by atoms with Crippen LogP contribution in [0, 0.1) is 5.82 Å². The number of hydrogen-bond acceptors (Lipinski definition) is 4. The summed E-state index contributed by atoms with van der Waals surface area (Å²) < 4.78 is 21.0. The molecule has 0 bridgehead atoms. The largest absolute Gasteiger partial charge is 0.410 e. The quantitative estimate of drug-likeness (QED) is 0.610. The minimum Gasteiger partial charge on any atom is -0.410 e. The molecule has 2 rings (SSSR count). The highest BCUT2D eigenvalue weighted by atomic mass is 32.2. The molecule has 0 saturated heterocycles. The van der Waals surface area contributed by atoms with E-state index in [-0.39, 0.29) is 11.9 Å². The molecule has 3 nitrogen and oxygen atoms in total. The molecule has 0 heterocycles. The van der Waals surface area contributed by atoms with Crippen LogP contribution in [0.3, 0.4) is 0 Å². The van der Waals surface area contributed by atoms with Crippen LogP contribution < -0.4 is 14.6 Å². The molecule has 1 saturated carbocycles. The van der Waals surface area contributed by atoms with Crippen LogP contribution in [-0.4, -0.2) is 12.1 Å². The van der Waals surface area contributed by atoms with E-state index in [0.717, 1.165) is 25.1 Å². The van der Waals surface area contributed by atoms with E-state index in [9.17, 15) is 4.39 Å². The molecule has 0 aliphatic heterocycles. The predicted molar refractivity (Wildman–Crippen MR) is 58.8 cm³/mol. The van der Waals surface area contributed by atoms with Crippen molar-refractivity contribution >= 4 is 12.2 Å². The summed E-state index contributed by atoms with van der Waals surface area (Å²) in [5.74, 6) is 0.364. The molecule has 1 fully saturated rings. The van der Waals surface area contributed by atoms with Crippen LogP contribution in [-0.2, 0) is 0 Å². The van der Waals surface area contributed by atoms with Gasteiger partial charge in [0.2, 0.25) is 0 Å². The molecule has 15 heavy (non-hydrogen) atoms. The predicted octanol–water partition coefficient (Wildman–Crippen LogP) is 1.85. The maximum absolute atomic E-state index is 12.6. The van der Waals surface area contributed by atoms with Gasteiger partial charge in [0.25, 0.3) is 0 Å². The first-order valence-electron chi connectivity index (χ1n) is 4.86. The van der Waals surface area contributed by atoms with Gasteiger partial charge in [-0.05, 0) is 37.1 Å². The second-order valence-electron chi connectivity index (χ2n) is 3.59. The minimum absolute atomic E-state index is 0.231. The van der Waals surface area contributed by atoms with Gasteiger partial charge in [-0.25, -0.2) is 9.11 Å². The Morgan fingerprint density at radius 1 is 1.33 bits per heavy atom. The Kier molecular flexibility index (Phi) is 3.45. The lowest BCUT2D eigenvalue weighted by molar-refractivity contribution is 0.325. The Morgan fingerprint density at radius 3 is 2.60 bits per heavy atom. The fraction of sp³-hybridized carbons (Fsp3) is 0.400. The van der Waals surface area contributed by atoms with Crippen molar-refractivity contribution in [3.8, 4) is 5.75 Å². The molecule has 2 unspecified atom stereocenters. The fourth-order valence-corrected chi connectivity index (χ4v) is 1.97. The highest BCUT2D eigenvalue weighted by Gasteiger charge is 2.27. The first-order chi connectivity index (χ1) is 7.25. The standard InChI is InChI=1S/C10H13FN2OS/c11-7-1-3-8(4-2-7)14-15-13-10-6-5-9(10)12/h1-4,9-10,13H,5-6,12H2. The normalized spacial score (nSPS) is 24.7. The maximum atomic E-state index is 12.6. The number of halogens is 1. The second-order valence-corrected chi connectivity index (χ2v) is 4.16. The Hall–Kier alpha value is -0.780. The third-order valence-corrected chi connectivity index (χ3v) is 3.15. The fourth-order valence-electron chi connectivity index (χ4n) is 1.30. The Labute approximate surface area is 92.5 Å². The van der Waals surface area contributed by atoms with Gasteiger partial charge < -0.3 is 9.92 Å². The third kappa shape index (κ3) is 2.84. The number of rotatable bonds is 4. The van der Waals surface area contributed by atoms with E-state index >= 15 is 0 Å². The number of hydrogen-bond donors (Lipinski definition) is 2. The lowest BCUT2D eigenvalue weighted by Crippen LogP contribution is -2.50. The molecular formula is C10H13FN2OS. The molecule has 1 aromatic rings. The lowest BCUT2D eigenvalue weighted by Gasteiger charge is -2.33. The Balaban J connectivity index is 1.71. The summed E-state index contributed by atoms with van der Waals surface area (Å²) in [6.45, 7) is 0. The molecule has 1 aliphatic carbocycles. The summed E-state index contributed by atoms with van der Waals surface area (Å²) in [6, 6.07) is 6.47. The highest BCUT2D eigenvalue weighted by molar-refractivity contribution is 7.93. The van der Waals surface area contributed by atoms with E-state index in [0.29, 0.717) is 11.8 Å². The Morgan fingerprint density at radius 2 is 2.07 bits per heavy atom. The van der Waals surface area contributed by atoms with Gasteiger partial charge in [0.15, 0.2) is 0 Å². The van der Waals surface area contributed by atoms with Crippen LogP contribution >= 0.6 is 12.2 Å². The summed E-state index contributed by atoms with van der Waals surface area (Å²) in [5.41, 5.74) is 5.74. The molecule has 0 aromatic heterocycles. The maximum Gasteiger partial charge on any atom is 0.144 e. The van der Waals surface area contributed by atoms with E-state index in [1.54, 1.807) is 12.1 Å². The topological polar surface area (TPSA) is 47.3 Å². The summed E-state index contributed by atoms with van der Waals surface area (Å²) >= 11 is 1.15. The van der Waals surface area contributed by atoms with Crippen LogP contribution in [0.15, 0.2) is 24.3 Å². The van der Waals surface area contributed by atoms with Crippen LogP contribution in [0.1, 0.15) is 12.8 Å². The molecule has 3 N–H and O–H groups in total. The molecule has 5 heteroatoms. The average Bonchev–Trinajstić information content (AvgIpc) is 2.25. The van der Waals surface area contributed by atoms with Crippen molar-refractivity contribution in [2.24, 2.45) is 5.73 Å². The van der Waals surface area contributed by atoms with E-state index in [1.807, 2.05) is 0 Å². The van der Waals surface area contributed by atoms with Crippen molar-refractivity contribution in [2.75, 3.05) is 0 Å². The zero-order chi connectivity index (χ0) is 10.7. The molecule has 0 spiro atoms. The van der Waals surface area contributed by atoms with Crippen LogP contribution in [0.5, 0.6) is 5.75 Å². The number of nitrogens with two attached hydrogens (primary N) is 1.